The van der Waals surface area contributed by atoms with Crippen LogP contribution < -0.4 is 0 Å². The second kappa shape index (κ2) is 4.01. The minimum absolute atomic E-state index is 0.356. The lowest BCUT2D eigenvalue weighted by atomic mass is 10.4. The highest BCUT2D eigenvalue weighted by molar-refractivity contribution is 7.85. The highest BCUT2D eigenvalue weighted by Crippen LogP contribution is 2.25. The third-order valence-electron chi connectivity index (χ3n) is 2.45. The van der Waals surface area contributed by atoms with Crippen LogP contribution in [-0.2, 0) is 10.8 Å². The van der Waals surface area contributed by atoms with Gasteiger partial charge in [0.05, 0.1) is 10.8 Å². The Bertz CT molecular complexity index is 293. The van der Waals surface area contributed by atoms with Gasteiger partial charge >= 0.3 is 0 Å². The predicted molar refractivity (Wildman–Crippen MR) is 52.9 cm³/mol. The van der Waals surface area contributed by atoms with Gasteiger partial charge in [0.25, 0.3) is 0 Å². The Morgan fingerprint density at radius 3 is 2.69 bits per heavy atom. The summed E-state index contributed by atoms with van der Waals surface area (Å²) in [5.74, 6) is 0. The molecule has 70 valence electrons. The van der Waals surface area contributed by atoms with Crippen LogP contribution in [0.1, 0.15) is 25.7 Å². The van der Waals surface area contributed by atoms with E-state index in [2.05, 4.69) is 4.98 Å². The molecular weight excluding hydrogens is 182 g/mol. The van der Waals surface area contributed by atoms with Crippen molar-refractivity contribution in [1.29, 1.82) is 0 Å². The van der Waals surface area contributed by atoms with Crippen molar-refractivity contribution in [2.45, 2.75) is 36.0 Å². The van der Waals surface area contributed by atoms with E-state index in [1.807, 2.05) is 18.2 Å². The first kappa shape index (κ1) is 8.88. The fourth-order valence-corrected chi connectivity index (χ4v) is 3.22. The summed E-state index contributed by atoms with van der Waals surface area (Å²) in [6.45, 7) is 0. The summed E-state index contributed by atoms with van der Waals surface area (Å²) in [5.41, 5.74) is 0. The summed E-state index contributed by atoms with van der Waals surface area (Å²) in [5, 5.41) is 1.10. The Labute approximate surface area is 80.8 Å². The van der Waals surface area contributed by atoms with Crippen molar-refractivity contribution in [3.05, 3.63) is 24.4 Å². The lowest BCUT2D eigenvalue weighted by Crippen LogP contribution is -2.11. The standard InChI is InChI=1S/C10H13NOS/c12-13(9-5-1-2-6-9)10-7-3-4-8-11-10/h3-4,7-9H,1-2,5-6H2. The number of aromatic nitrogens is 1. The third-order valence-corrected chi connectivity index (χ3v) is 4.18. The molecule has 1 aliphatic carbocycles. The zero-order valence-electron chi connectivity index (χ0n) is 7.48. The first-order valence-corrected chi connectivity index (χ1v) is 5.91. The van der Waals surface area contributed by atoms with E-state index in [0.29, 0.717) is 5.25 Å². The quantitative estimate of drug-likeness (QED) is 0.723. The normalized spacial score (nSPS) is 20.3. The molecule has 0 saturated heterocycles. The Morgan fingerprint density at radius 1 is 1.31 bits per heavy atom. The molecule has 1 fully saturated rings. The van der Waals surface area contributed by atoms with Gasteiger partial charge in [-0.3, -0.25) is 4.21 Å². The molecule has 1 aromatic rings. The smallest absolute Gasteiger partial charge is 0.127 e. The molecule has 1 aliphatic rings. The zero-order valence-corrected chi connectivity index (χ0v) is 8.30. The van der Waals surface area contributed by atoms with Crippen LogP contribution in [0.5, 0.6) is 0 Å². The van der Waals surface area contributed by atoms with Crippen LogP contribution in [-0.4, -0.2) is 14.4 Å². The molecule has 1 atom stereocenters. The minimum Gasteiger partial charge on any atom is -0.252 e. The largest absolute Gasteiger partial charge is 0.252 e. The molecule has 1 heterocycles. The molecule has 0 aromatic carbocycles. The SMILES string of the molecule is O=S(c1ccccn1)C1CCCC1. The maximum Gasteiger partial charge on any atom is 0.127 e. The van der Waals surface area contributed by atoms with E-state index in [1.165, 1.54) is 12.8 Å². The molecule has 0 radical (unpaired) electrons. The van der Waals surface area contributed by atoms with E-state index in [1.54, 1.807) is 6.20 Å². The molecule has 3 heteroatoms. The van der Waals surface area contributed by atoms with Gasteiger partial charge in [-0.2, -0.15) is 0 Å². The fourth-order valence-electron chi connectivity index (χ4n) is 1.74. The Balaban J connectivity index is 2.13. The Kier molecular flexibility index (Phi) is 2.74. The van der Waals surface area contributed by atoms with Gasteiger partial charge in [0.15, 0.2) is 0 Å². The van der Waals surface area contributed by atoms with Crippen molar-refractivity contribution in [3.63, 3.8) is 0 Å². The van der Waals surface area contributed by atoms with Crippen LogP contribution in [0.15, 0.2) is 29.4 Å². The molecule has 0 N–H and O–H groups in total. The summed E-state index contributed by atoms with van der Waals surface area (Å²) in [6, 6.07) is 5.61. The highest BCUT2D eigenvalue weighted by atomic mass is 32.2. The molecule has 2 rings (SSSR count). The van der Waals surface area contributed by atoms with Gasteiger partial charge < -0.3 is 0 Å². The van der Waals surface area contributed by atoms with E-state index in [0.717, 1.165) is 17.9 Å². The van der Waals surface area contributed by atoms with Crippen LogP contribution >= 0.6 is 0 Å². The predicted octanol–water partition coefficient (Wildman–Crippen LogP) is 2.13. The van der Waals surface area contributed by atoms with Crippen LogP contribution in [0.2, 0.25) is 0 Å². The van der Waals surface area contributed by atoms with Crippen LogP contribution in [0.4, 0.5) is 0 Å². The third kappa shape index (κ3) is 1.97. The van der Waals surface area contributed by atoms with Crippen molar-refractivity contribution in [2.24, 2.45) is 0 Å². The van der Waals surface area contributed by atoms with Gasteiger partial charge in [0, 0.05) is 11.4 Å². The van der Waals surface area contributed by atoms with Crippen molar-refractivity contribution >= 4 is 10.8 Å². The summed E-state index contributed by atoms with van der Waals surface area (Å²) in [7, 11) is -0.870. The van der Waals surface area contributed by atoms with Crippen LogP contribution in [0.3, 0.4) is 0 Å². The molecule has 13 heavy (non-hydrogen) atoms. The van der Waals surface area contributed by atoms with Crippen molar-refractivity contribution in [1.82, 2.24) is 4.98 Å². The van der Waals surface area contributed by atoms with E-state index in [9.17, 15) is 4.21 Å². The average molecular weight is 195 g/mol. The lowest BCUT2D eigenvalue weighted by molar-refractivity contribution is 0.666. The monoisotopic (exact) mass is 195 g/mol. The topological polar surface area (TPSA) is 30.0 Å². The number of nitrogens with zero attached hydrogens (tertiary/aromatic N) is 1. The van der Waals surface area contributed by atoms with Gasteiger partial charge in [0.1, 0.15) is 5.03 Å². The molecule has 1 saturated carbocycles. The molecule has 1 aromatic heterocycles. The van der Waals surface area contributed by atoms with E-state index in [4.69, 9.17) is 0 Å². The first-order valence-electron chi connectivity index (χ1n) is 4.69. The van der Waals surface area contributed by atoms with Gasteiger partial charge in [0.2, 0.25) is 0 Å². The van der Waals surface area contributed by atoms with Crippen LogP contribution in [0.25, 0.3) is 0 Å². The number of rotatable bonds is 2. The van der Waals surface area contributed by atoms with Gasteiger partial charge in [-0.1, -0.05) is 18.9 Å². The van der Waals surface area contributed by atoms with Gasteiger partial charge in [-0.05, 0) is 25.0 Å². The maximum atomic E-state index is 11.9. The molecular formula is C10H13NOS. The summed E-state index contributed by atoms with van der Waals surface area (Å²) >= 11 is 0. The average Bonchev–Trinajstić information content (AvgIpc) is 2.71. The summed E-state index contributed by atoms with van der Waals surface area (Å²) in [6.07, 6.45) is 6.36. The molecule has 0 amide bonds. The number of hydrogen-bond donors (Lipinski definition) is 0. The fraction of sp³-hybridized carbons (Fsp3) is 0.500. The van der Waals surface area contributed by atoms with E-state index in [-0.39, 0.29) is 0 Å². The summed E-state index contributed by atoms with van der Waals surface area (Å²) in [4.78, 5) is 4.12. The lowest BCUT2D eigenvalue weighted by Gasteiger charge is -2.06. The summed E-state index contributed by atoms with van der Waals surface area (Å²) < 4.78 is 11.9. The minimum atomic E-state index is -0.870. The van der Waals surface area contributed by atoms with Crippen LogP contribution in [0, 0.1) is 0 Å². The van der Waals surface area contributed by atoms with E-state index >= 15 is 0 Å². The second-order valence-electron chi connectivity index (χ2n) is 3.37. The molecule has 0 spiro atoms. The number of pyridine rings is 1. The molecule has 0 aliphatic heterocycles. The van der Waals surface area contributed by atoms with Gasteiger partial charge in [-0.25, -0.2) is 4.98 Å². The number of hydrogen-bond acceptors (Lipinski definition) is 2. The maximum absolute atomic E-state index is 11.9. The van der Waals surface area contributed by atoms with E-state index < -0.39 is 10.8 Å². The van der Waals surface area contributed by atoms with Crippen molar-refractivity contribution in [2.75, 3.05) is 0 Å². The highest BCUT2D eigenvalue weighted by Gasteiger charge is 2.22. The molecule has 0 bridgehead atoms. The first-order chi connectivity index (χ1) is 6.38. The Morgan fingerprint density at radius 2 is 2.08 bits per heavy atom. The zero-order chi connectivity index (χ0) is 9.10. The molecule has 1 unspecified atom stereocenters. The van der Waals surface area contributed by atoms with Crippen molar-refractivity contribution < 1.29 is 4.21 Å². The van der Waals surface area contributed by atoms with Gasteiger partial charge in [-0.15, -0.1) is 0 Å². The Hall–Kier alpha value is -0.700. The second-order valence-corrected chi connectivity index (χ2v) is 5.05. The molecule has 2 nitrogen and oxygen atoms in total. The van der Waals surface area contributed by atoms with Crippen molar-refractivity contribution in [3.8, 4) is 0 Å².